The third-order valence-electron chi connectivity index (χ3n) is 4.97. The normalized spacial score (nSPS) is 22.0. The largest absolute Gasteiger partial charge is 0.317 e. The van der Waals surface area contributed by atoms with Gasteiger partial charge in [0.15, 0.2) is 5.78 Å². The number of hydroxylamine groups is 1. The molecule has 1 unspecified atom stereocenters. The zero-order valence-electron chi connectivity index (χ0n) is 13.4. The van der Waals surface area contributed by atoms with Gasteiger partial charge in [0, 0.05) is 11.8 Å². The van der Waals surface area contributed by atoms with Crippen LogP contribution in [0.1, 0.15) is 23.2 Å². The number of rotatable bonds is 3. The van der Waals surface area contributed by atoms with E-state index in [-0.39, 0.29) is 5.78 Å². The molecule has 2 aliphatic heterocycles. The molecule has 3 N–H and O–H groups in total. The predicted molar refractivity (Wildman–Crippen MR) is 92.5 cm³/mol. The number of hydrogen-bond donors (Lipinski definition) is 3. The van der Waals surface area contributed by atoms with Gasteiger partial charge in [-0.15, -0.1) is 0 Å². The molecule has 0 spiro atoms. The summed E-state index contributed by atoms with van der Waals surface area (Å²) in [5.41, 5.74) is 4.53. The molecule has 0 aliphatic carbocycles. The Balaban J connectivity index is 1.63. The third-order valence-corrected chi connectivity index (χ3v) is 4.97. The molecule has 5 heteroatoms. The number of ketones is 1. The van der Waals surface area contributed by atoms with Crippen LogP contribution in [0.3, 0.4) is 0 Å². The fraction of sp³-hybridized carbons (Fsp3) is 0.316. The predicted octanol–water partition coefficient (Wildman–Crippen LogP) is 2.48. The second kappa shape index (κ2) is 6.36. The molecule has 1 atom stereocenters. The minimum atomic E-state index is -0.487. The zero-order valence-corrected chi connectivity index (χ0v) is 13.4. The Morgan fingerprint density at radius 1 is 1.08 bits per heavy atom. The van der Waals surface area contributed by atoms with Crippen molar-refractivity contribution < 1.29 is 10.0 Å². The van der Waals surface area contributed by atoms with Gasteiger partial charge in [-0.2, -0.15) is 10.6 Å². The third kappa shape index (κ3) is 2.82. The number of hydrazine groups is 1. The van der Waals surface area contributed by atoms with Crippen LogP contribution >= 0.6 is 0 Å². The van der Waals surface area contributed by atoms with Crippen LogP contribution in [-0.4, -0.2) is 35.3 Å². The van der Waals surface area contributed by atoms with E-state index in [0.29, 0.717) is 11.5 Å². The van der Waals surface area contributed by atoms with Crippen molar-refractivity contribution in [3.63, 3.8) is 0 Å². The van der Waals surface area contributed by atoms with Gasteiger partial charge in [0.1, 0.15) is 6.04 Å². The van der Waals surface area contributed by atoms with Crippen LogP contribution < -0.4 is 10.7 Å². The lowest BCUT2D eigenvalue weighted by atomic mass is 9.84. The van der Waals surface area contributed by atoms with Crippen molar-refractivity contribution in [3.8, 4) is 0 Å². The van der Waals surface area contributed by atoms with Crippen LogP contribution in [0.25, 0.3) is 10.8 Å². The topological polar surface area (TPSA) is 64.6 Å². The van der Waals surface area contributed by atoms with E-state index in [4.69, 9.17) is 0 Å². The van der Waals surface area contributed by atoms with Crippen molar-refractivity contribution in [2.45, 2.75) is 18.9 Å². The summed E-state index contributed by atoms with van der Waals surface area (Å²) in [4.78, 5) is 13.0. The minimum Gasteiger partial charge on any atom is -0.317 e. The molecule has 2 aliphatic rings. The molecule has 0 aromatic heterocycles. The first kappa shape index (κ1) is 15.3. The minimum absolute atomic E-state index is 0.00193. The van der Waals surface area contributed by atoms with Gasteiger partial charge in [0.05, 0.1) is 0 Å². The molecule has 0 saturated carbocycles. The van der Waals surface area contributed by atoms with E-state index in [1.54, 1.807) is 6.20 Å². The molecule has 124 valence electrons. The fourth-order valence-electron chi connectivity index (χ4n) is 3.68. The second-order valence-electron chi connectivity index (χ2n) is 6.49. The number of hydrogen-bond acceptors (Lipinski definition) is 5. The Bertz CT molecular complexity index is 796. The van der Waals surface area contributed by atoms with Crippen molar-refractivity contribution >= 4 is 16.6 Å². The Kier molecular flexibility index (Phi) is 4.06. The summed E-state index contributed by atoms with van der Waals surface area (Å²) < 4.78 is 0. The summed E-state index contributed by atoms with van der Waals surface area (Å²) in [6.45, 7) is 1.90. The monoisotopic (exact) mass is 323 g/mol. The number of Topliss-reactive ketones (excluding diaryl/α,β-unsaturated/α-hetero) is 1. The van der Waals surface area contributed by atoms with Gasteiger partial charge in [-0.05, 0) is 54.3 Å². The first-order valence-electron chi connectivity index (χ1n) is 8.42. The molecular weight excluding hydrogens is 302 g/mol. The summed E-state index contributed by atoms with van der Waals surface area (Å²) in [6.07, 6.45) is 3.64. The van der Waals surface area contributed by atoms with Gasteiger partial charge in [0.2, 0.25) is 0 Å². The van der Waals surface area contributed by atoms with Gasteiger partial charge >= 0.3 is 0 Å². The lowest BCUT2D eigenvalue weighted by Crippen LogP contribution is -2.42. The second-order valence-corrected chi connectivity index (χ2v) is 6.49. The molecule has 2 aromatic rings. The maximum absolute atomic E-state index is 13.0. The molecule has 0 amide bonds. The summed E-state index contributed by atoms with van der Waals surface area (Å²) in [5.74, 6) is 0.326. The number of carbonyl (C=O) groups excluding carboxylic acids is 1. The molecule has 1 fully saturated rings. The van der Waals surface area contributed by atoms with E-state index in [9.17, 15) is 10.0 Å². The Labute approximate surface area is 140 Å². The molecule has 5 nitrogen and oxygen atoms in total. The molecule has 2 aromatic carbocycles. The van der Waals surface area contributed by atoms with Crippen LogP contribution in [0.15, 0.2) is 54.2 Å². The lowest BCUT2D eigenvalue weighted by Gasteiger charge is -2.26. The van der Waals surface area contributed by atoms with Gasteiger partial charge in [-0.3, -0.25) is 10.0 Å². The standard InChI is InChI=1S/C19H21N3O2/c23-19(16-6-5-13-3-1-2-4-15(13)11-16)18-17(12-22(24)21-18)14-7-9-20-10-8-14/h1-6,11-12,14,18,20-21,24H,7-10H2. The average Bonchev–Trinajstić information content (AvgIpc) is 3.03. The van der Waals surface area contributed by atoms with Crippen LogP contribution in [0.4, 0.5) is 0 Å². The van der Waals surface area contributed by atoms with E-state index < -0.39 is 6.04 Å². The van der Waals surface area contributed by atoms with Gasteiger partial charge < -0.3 is 5.32 Å². The number of nitrogens with one attached hydrogen (secondary N) is 2. The molecule has 2 heterocycles. The van der Waals surface area contributed by atoms with Crippen molar-refractivity contribution in [1.82, 2.24) is 15.9 Å². The van der Waals surface area contributed by atoms with Gasteiger partial charge in [0.25, 0.3) is 0 Å². The van der Waals surface area contributed by atoms with Gasteiger partial charge in [-0.25, -0.2) is 0 Å². The molecule has 24 heavy (non-hydrogen) atoms. The van der Waals surface area contributed by atoms with E-state index in [0.717, 1.165) is 47.4 Å². The SMILES string of the molecule is O=C(c1ccc2ccccc2c1)C1NN(O)C=C1C1CCNCC1. The molecule has 0 bridgehead atoms. The smallest absolute Gasteiger partial charge is 0.185 e. The number of fused-ring (bicyclic) bond motifs is 1. The van der Waals surface area contributed by atoms with Crippen molar-refractivity contribution in [3.05, 3.63) is 59.8 Å². The average molecular weight is 323 g/mol. The summed E-state index contributed by atoms with van der Waals surface area (Å²) >= 11 is 0. The quantitative estimate of drug-likeness (QED) is 0.758. The van der Waals surface area contributed by atoms with Crippen LogP contribution in [0.5, 0.6) is 0 Å². The summed E-state index contributed by atoms with van der Waals surface area (Å²) in [6, 6.07) is 13.3. The van der Waals surface area contributed by atoms with Gasteiger partial charge in [-0.1, -0.05) is 36.4 Å². The van der Waals surface area contributed by atoms with Crippen molar-refractivity contribution in [1.29, 1.82) is 0 Å². The number of carbonyl (C=O) groups is 1. The van der Waals surface area contributed by atoms with Crippen LogP contribution in [0.2, 0.25) is 0 Å². The Morgan fingerprint density at radius 3 is 2.62 bits per heavy atom. The number of piperidine rings is 1. The van der Waals surface area contributed by atoms with E-state index >= 15 is 0 Å². The highest BCUT2D eigenvalue weighted by atomic mass is 16.5. The van der Waals surface area contributed by atoms with Crippen LogP contribution in [-0.2, 0) is 0 Å². The summed E-state index contributed by atoms with van der Waals surface area (Å²) in [5, 5.41) is 16.3. The Hall–Kier alpha value is -2.21. The Morgan fingerprint density at radius 2 is 1.83 bits per heavy atom. The molecular formula is C19H21N3O2. The molecule has 0 radical (unpaired) electrons. The molecule has 1 saturated heterocycles. The maximum Gasteiger partial charge on any atom is 0.185 e. The number of benzene rings is 2. The summed E-state index contributed by atoms with van der Waals surface area (Å²) in [7, 11) is 0. The highest BCUT2D eigenvalue weighted by molar-refractivity contribution is 6.04. The highest BCUT2D eigenvalue weighted by Gasteiger charge is 2.35. The van der Waals surface area contributed by atoms with Crippen molar-refractivity contribution in [2.24, 2.45) is 5.92 Å². The highest BCUT2D eigenvalue weighted by Crippen LogP contribution is 2.29. The van der Waals surface area contributed by atoms with E-state index in [1.807, 2.05) is 42.5 Å². The first-order valence-corrected chi connectivity index (χ1v) is 8.42. The van der Waals surface area contributed by atoms with E-state index in [1.165, 1.54) is 0 Å². The first-order chi connectivity index (χ1) is 11.7. The number of nitrogens with zero attached hydrogens (tertiary/aromatic N) is 1. The fourth-order valence-corrected chi connectivity index (χ4v) is 3.68. The lowest BCUT2D eigenvalue weighted by molar-refractivity contribution is -0.0816. The maximum atomic E-state index is 13.0. The van der Waals surface area contributed by atoms with E-state index in [2.05, 4.69) is 10.7 Å². The molecule has 4 rings (SSSR count). The van der Waals surface area contributed by atoms with Crippen molar-refractivity contribution in [2.75, 3.05) is 13.1 Å². The van der Waals surface area contributed by atoms with Crippen LogP contribution in [0, 0.1) is 5.92 Å². The zero-order chi connectivity index (χ0) is 16.5.